The molecule has 1 N–H and O–H groups in total. The first-order valence-corrected chi connectivity index (χ1v) is 26.1. The van der Waals surface area contributed by atoms with E-state index in [2.05, 4.69) is 86.3 Å². The highest BCUT2D eigenvalue weighted by Gasteiger charge is 2.26. The lowest BCUT2D eigenvalue weighted by Crippen LogP contribution is -2.08. The smallest absolute Gasteiger partial charge is 0.127 e. The lowest BCUT2D eigenvalue weighted by molar-refractivity contribution is 0.384. The van der Waals surface area contributed by atoms with Gasteiger partial charge in [0.05, 0.1) is 68.5 Å². The number of thioether (sulfide) groups is 3. The van der Waals surface area contributed by atoms with Crippen LogP contribution in [0.25, 0.3) is 10.8 Å². The number of benzene rings is 7. The Kier molecular flexibility index (Phi) is 21.3. The van der Waals surface area contributed by atoms with Crippen LogP contribution in [-0.4, -0.2) is 72.0 Å². The first-order valence-electron chi connectivity index (χ1n) is 22.9. The van der Waals surface area contributed by atoms with E-state index in [1.54, 1.807) is 35.5 Å². The topological polar surface area (TPSA) is 93.4 Å². The van der Waals surface area contributed by atoms with Crippen LogP contribution in [0.2, 0.25) is 0 Å². The number of aryl methyl sites for hydroxylation is 1. The first kappa shape index (κ1) is 53.9. The van der Waals surface area contributed by atoms with E-state index in [4.69, 9.17) is 28.9 Å². The number of rotatable bonds is 18. The second-order valence-corrected chi connectivity index (χ2v) is 20.0. The molecule has 0 heterocycles. The molecule has 69 heavy (non-hydrogen) atoms. The molecule has 8 nitrogen and oxygen atoms in total. The molecule has 7 aromatic rings. The second kappa shape index (κ2) is 27.2. The molecule has 0 aromatic heterocycles. The van der Waals surface area contributed by atoms with Crippen molar-refractivity contribution in [1.29, 1.82) is 5.26 Å². The van der Waals surface area contributed by atoms with E-state index in [9.17, 15) is 5.11 Å². The van der Waals surface area contributed by atoms with Crippen molar-refractivity contribution in [1.82, 2.24) is 0 Å². The molecule has 362 valence electrons. The minimum Gasteiger partial charge on any atom is -0.508 e. The predicted octanol–water partition coefficient (Wildman–Crippen LogP) is 14.7. The molecule has 3 atom stereocenters. The number of hydrogen-bond acceptors (Lipinski definition) is 11. The summed E-state index contributed by atoms with van der Waals surface area (Å²) in [7, 11) is 12.5. The van der Waals surface area contributed by atoms with E-state index in [1.165, 1.54) is 11.3 Å². The molecule has 0 fully saturated rings. The molecule has 11 heteroatoms. The largest absolute Gasteiger partial charge is 0.508 e. The summed E-state index contributed by atoms with van der Waals surface area (Å²) in [6.45, 7) is 8.49. The van der Waals surface area contributed by atoms with Crippen molar-refractivity contribution in [2.75, 3.05) is 71.8 Å². The molecule has 7 aromatic carbocycles. The monoisotopic (exact) mass is 982 g/mol. The van der Waals surface area contributed by atoms with E-state index in [0.717, 1.165) is 90.2 Å². The SMILES string of the molecule is CCSC(c1ccc(C#N)cc1)c1cc(OC)ccc1OC.CCSC(c1ccc(N(C)C)cc1)c1c(O)ccc2ccccc12.CCSC(c1ccccc1OC)c1c(OC)cc(C)cc1OC. The van der Waals surface area contributed by atoms with E-state index in [-0.39, 0.29) is 15.7 Å². The molecule has 0 saturated heterocycles. The quantitative estimate of drug-likeness (QED) is 0.0891. The Balaban J connectivity index is 0.000000193. The van der Waals surface area contributed by atoms with E-state index in [0.29, 0.717) is 11.3 Å². The van der Waals surface area contributed by atoms with Gasteiger partial charge < -0.3 is 33.7 Å². The number of para-hydroxylation sites is 1. The third kappa shape index (κ3) is 13.8. The van der Waals surface area contributed by atoms with Gasteiger partial charge in [-0.2, -0.15) is 5.26 Å². The van der Waals surface area contributed by atoms with Crippen molar-refractivity contribution in [3.8, 4) is 40.6 Å². The van der Waals surface area contributed by atoms with Crippen molar-refractivity contribution < 1.29 is 28.8 Å². The van der Waals surface area contributed by atoms with Gasteiger partial charge in [-0.15, -0.1) is 35.3 Å². The van der Waals surface area contributed by atoms with E-state index < -0.39 is 0 Å². The number of ether oxygens (including phenoxy) is 5. The number of methoxy groups -OCH3 is 5. The van der Waals surface area contributed by atoms with Crippen molar-refractivity contribution >= 4 is 51.7 Å². The maximum absolute atomic E-state index is 10.6. The van der Waals surface area contributed by atoms with Crippen molar-refractivity contribution in [3.05, 3.63) is 184 Å². The summed E-state index contributed by atoms with van der Waals surface area (Å²) in [4.78, 5) is 2.10. The molecule has 0 aliphatic carbocycles. The summed E-state index contributed by atoms with van der Waals surface area (Å²) >= 11 is 5.52. The van der Waals surface area contributed by atoms with Crippen LogP contribution in [0.4, 0.5) is 5.69 Å². The van der Waals surface area contributed by atoms with Crippen LogP contribution in [-0.2, 0) is 0 Å². The molecule has 0 saturated carbocycles. The number of phenolic OH excluding ortho intramolecular Hbond substituents is 1. The van der Waals surface area contributed by atoms with Gasteiger partial charge in [-0.1, -0.05) is 93.6 Å². The van der Waals surface area contributed by atoms with Crippen LogP contribution >= 0.6 is 35.3 Å². The number of anilines is 1. The van der Waals surface area contributed by atoms with Gasteiger partial charge in [0.2, 0.25) is 0 Å². The van der Waals surface area contributed by atoms with Crippen molar-refractivity contribution in [2.24, 2.45) is 0 Å². The summed E-state index contributed by atoms with van der Waals surface area (Å²) in [6.07, 6.45) is 0. The average Bonchev–Trinajstić information content (AvgIpc) is 3.39. The van der Waals surface area contributed by atoms with Crippen LogP contribution in [0, 0.1) is 18.3 Å². The zero-order valence-corrected chi connectivity index (χ0v) is 44.2. The molecule has 0 aliphatic rings. The fourth-order valence-electron chi connectivity index (χ4n) is 8.04. The highest BCUT2D eigenvalue weighted by Crippen LogP contribution is 2.48. The Morgan fingerprint density at radius 3 is 1.65 bits per heavy atom. The van der Waals surface area contributed by atoms with Gasteiger partial charge in [0.1, 0.15) is 34.5 Å². The molecule has 0 radical (unpaired) electrons. The van der Waals surface area contributed by atoms with E-state index >= 15 is 0 Å². The fourth-order valence-corrected chi connectivity index (χ4v) is 11.3. The molecule has 0 spiro atoms. The summed E-state index contributed by atoms with van der Waals surface area (Å²) in [6, 6.07) is 48.6. The zero-order valence-electron chi connectivity index (χ0n) is 41.7. The van der Waals surface area contributed by atoms with Crippen molar-refractivity contribution in [3.63, 3.8) is 0 Å². The summed E-state index contributed by atoms with van der Waals surface area (Å²) in [5, 5.41) is 22.2. The van der Waals surface area contributed by atoms with Gasteiger partial charge in [-0.3, -0.25) is 0 Å². The Morgan fingerprint density at radius 2 is 1.07 bits per heavy atom. The lowest BCUT2D eigenvalue weighted by atomic mass is 9.96. The molecule has 3 unspecified atom stereocenters. The second-order valence-electron chi connectivity index (χ2n) is 15.9. The molecule has 0 aliphatic heterocycles. The maximum Gasteiger partial charge on any atom is 0.127 e. The first-order chi connectivity index (χ1) is 33.5. The van der Waals surface area contributed by atoms with Crippen LogP contribution < -0.4 is 28.6 Å². The third-order valence-electron chi connectivity index (χ3n) is 11.4. The van der Waals surface area contributed by atoms with Gasteiger partial charge in [0.15, 0.2) is 0 Å². The molecular weight excluding hydrogens is 917 g/mol. The number of nitrogens with zero attached hydrogens (tertiary/aromatic N) is 2. The number of hydrogen-bond donors (Lipinski definition) is 1. The normalized spacial score (nSPS) is 11.9. The molecule has 0 amide bonds. The number of nitriles is 1. The summed E-state index contributed by atoms with van der Waals surface area (Å²) < 4.78 is 27.7. The van der Waals surface area contributed by atoms with Crippen molar-refractivity contribution in [2.45, 2.75) is 43.4 Å². The minimum atomic E-state index is 0.0849. The summed E-state index contributed by atoms with van der Waals surface area (Å²) in [5.74, 6) is 7.54. The van der Waals surface area contributed by atoms with Crippen LogP contribution in [0.1, 0.15) is 81.0 Å². The Hall–Kier alpha value is -6.06. The standard InChI is InChI=1S/C21H23NOS.C19H24O3S.C18H19NO2S/c1-4-24-21(16-9-12-17(13-10-16)22(2)3)20-18-8-6-5-7-15(18)11-14-19(20)23;1-6-23-19(14-9-7-8-10-15(14)20-3)18-16(21-4)11-13(2)12-17(18)22-5;1-4-22-18(14-7-5-13(12-19)6-8-14)16-11-15(20-2)9-10-17(16)21-3/h5-14,21,23H,4H2,1-3H3;7-12,19H,6H2,1-5H3;5-11,18H,4H2,1-3H3. The summed E-state index contributed by atoms with van der Waals surface area (Å²) in [5.41, 5.74) is 9.61. The lowest BCUT2D eigenvalue weighted by Gasteiger charge is -2.24. The molecule has 7 rings (SSSR count). The molecular formula is C58H66N2O6S3. The van der Waals surface area contributed by atoms with Gasteiger partial charge >= 0.3 is 0 Å². The van der Waals surface area contributed by atoms with Crippen LogP contribution in [0.15, 0.2) is 140 Å². The minimum absolute atomic E-state index is 0.0849. The predicted molar refractivity (Wildman–Crippen MR) is 294 cm³/mol. The fraction of sp³-hybridized carbons (Fsp3) is 0.293. The average molecular weight is 983 g/mol. The highest BCUT2D eigenvalue weighted by molar-refractivity contribution is 8.00. The highest BCUT2D eigenvalue weighted by atomic mass is 32.2. The number of phenols is 1. The zero-order chi connectivity index (χ0) is 49.9. The number of aromatic hydroxyl groups is 1. The van der Waals surface area contributed by atoms with Crippen LogP contribution in [0.3, 0.4) is 0 Å². The van der Waals surface area contributed by atoms with E-state index in [1.807, 2.05) is 141 Å². The van der Waals surface area contributed by atoms with Gasteiger partial charge in [-0.05, 0) is 118 Å². The number of fused-ring (bicyclic) bond motifs is 1. The third-order valence-corrected chi connectivity index (χ3v) is 14.9. The van der Waals surface area contributed by atoms with Crippen LogP contribution in [0.5, 0.6) is 34.5 Å². The Bertz CT molecular complexity index is 2720. The van der Waals surface area contributed by atoms with Gasteiger partial charge in [-0.25, -0.2) is 0 Å². The van der Waals surface area contributed by atoms with Gasteiger partial charge in [0, 0.05) is 36.5 Å². The maximum atomic E-state index is 10.6. The Morgan fingerprint density at radius 1 is 0.536 bits per heavy atom. The van der Waals surface area contributed by atoms with Gasteiger partial charge in [0.25, 0.3) is 0 Å². The molecule has 0 bridgehead atoms. The Labute approximate surface area is 423 Å².